The van der Waals surface area contributed by atoms with Crippen LogP contribution >= 0.6 is 15.9 Å². The Kier molecular flexibility index (Phi) is 5.11. The van der Waals surface area contributed by atoms with E-state index in [-0.39, 0.29) is 18.0 Å². The summed E-state index contributed by atoms with van der Waals surface area (Å²) < 4.78 is 20.0. The summed E-state index contributed by atoms with van der Waals surface area (Å²) in [4.78, 5) is 14.7. The van der Waals surface area contributed by atoms with Crippen molar-refractivity contribution in [3.05, 3.63) is 63.4 Å². The van der Waals surface area contributed by atoms with Crippen molar-refractivity contribution in [1.29, 1.82) is 0 Å². The molecule has 0 fully saturated rings. The molecule has 1 heterocycles. The van der Waals surface area contributed by atoms with Crippen molar-refractivity contribution in [2.45, 2.75) is 52.2 Å². The number of amides is 1. The first-order valence-electron chi connectivity index (χ1n) is 8.72. The molecule has 3 nitrogen and oxygen atoms in total. The highest BCUT2D eigenvalue weighted by Gasteiger charge is 2.35. The van der Waals surface area contributed by atoms with Crippen LogP contribution in [0.25, 0.3) is 0 Å². The largest absolute Gasteiger partial charge is 0.443 e. The molecular formula is C21H23BrFNO2. The molecule has 138 valence electrons. The summed E-state index contributed by atoms with van der Waals surface area (Å²) in [6.07, 6.45) is 1.23. The quantitative estimate of drug-likeness (QED) is 0.540. The normalized spacial score (nSPS) is 17.0. The van der Waals surface area contributed by atoms with E-state index in [0.717, 1.165) is 39.7 Å². The average Bonchev–Trinajstić information content (AvgIpc) is 2.54. The van der Waals surface area contributed by atoms with Crippen molar-refractivity contribution in [2.75, 3.05) is 4.90 Å². The second kappa shape index (κ2) is 7.03. The van der Waals surface area contributed by atoms with Gasteiger partial charge in [0.05, 0.1) is 11.7 Å². The Balaban J connectivity index is 2.08. The molecule has 26 heavy (non-hydrogen) atoms. The van der Waals surface area contributed by atoms with Crippen LogP contribution in [0.15, 0.2) is 40.9 Å². The molecule has 1 aliphatic rings. The molecule has 1 atom stereocenters. The SMILES string of the molecule is Cc1cc2c(cc1Br)N(C(=O)OC(C)(C)C)C(c1ccc(F)cc1)CC2. The molecule has 0 aromatic heterocycles. The van der Waals surface area contributed by atoms with Gasteiger partial charge in [-0.1, -0.05) is 34.1 Å². The lowest BCUT2D eigenvalue weighted by atomic mass is 9.90. The smallest absolute Gasteiger partial charge is 0.415 e. The van der Waals surface area contributed by atoms with Gasteiger partial charge >= 0.3 is 6.09 Å². The molecule has 1 unspecified atom stereocenters. The lowest BCUT2D eigenvalue weighted by Crippen LogP contribution is -2.42. The highest BCUT2D eigenvalue weighted by atomic mass is 79.9. The van der Waals surface area contributed by atoms with Gasteiger partial charge in [0.2, 0.25) is 0 Å². The molecule has 1 amide bonds. The number of carbonyl (C=O) groups excluding carboxylic acids is 1. The summed E-state index contributed by atoms with van der Waals surface area (Å²) in [5.74, 6) is -0.285. The average molecular weight is 420 g/mol. The lowest BCUT2D eigenvalue weighted by molar-refractivity contribution is 0.0560. The van der Waals surface area contributed by atoms with Gasteiger partial charge in [0.15, 0.2) is 0 Å². The Morgan fingerprint density at radius 3 is 2.50 bits per heavy atom. The van der Waals surface area contributed by atoms with Crippen LogP contribution < -0.4 is 4.90 Å². The molecule has 0 aliphatic carbocycles. The van der Waals surface area contributed by atoms with Gasteiger partial charge in [-0.05, 0) is 75.4 Å². The number of nitrogens with zero attached hydrogens (tertiary/aromatic N) is 1. The van der Waals surface area contributed by atoms with Crippen molar-refractivity contribution < 1.29 is 13.9 Å². The number of hydrogen-bond donors (Lipinski definition) is 0. The summed E-state index contributed by atoms with van der Waals surface area (Å²) in [6.45, 7) is 7.60. The molecule has 3 rings (SSSR count). The van der Waals surface area contributed by atoms with Crippen LogP contribution in [-0.4, -0.2) is 11.7 Å². The Bertz CT molecular complexity index is 827. The third-order valence-corrected chi connectivity index (χ3v) is 5.32. The summed E-state index contributed by atoms with van der Waals surface area (Å²) in [5, 5.41) is 0. The minimum Gasteiger partial charge on any atom is -0.443 e. The number of benzene rings is 2. The van der Waals surface area contributed by atoms with Crippen LogP contribution in [0.1, 0.15) is 49.9 Å². The molecule has 0 spiro atoms. The van der Waals surface area contributed by atoms with E-state index in [1.54, 1.807) is 17.0 Å². The Morgan fingerprint density at radius 2 is 1.88 bits per heavy atom. The zero-order valence-corrected chi connectivity index (χ0v) is 17.1. The van der Waals surface area contributed by atoms with Crippen molar-refractivity contribution in [2.24, 2.45) is 0 Å². The first-order valence-corrected chi connectivity index (χ1v) is 9.52. The summed E-state index contributed by atoms with van der Waals surface area (Å²) in [6, 6.07) is 10.2. The topological polar surface area (TPSA) is 29.5 Å². The predicted molar refractivity (Wildman–Crippen MR) is 105 cm³/mol. The van der Waals surface area contributed by atoms with E-state index in [2.05, 4.69) is 22.0 Å². The van der Waals surface area contributed by atoms with E-state index in [9.17, 15) is 9.18 Å². The van der Waals surface area contributed by atoms with E-state index in [4.69, 9.17) is 4.74 Å². The lowest BCUT2D eigenvalue weighted by Gasteiger charge is -2.38. The van der Waals surface area contributed by atoms with E-state index in [1.807, 2.05) is 33.8 Å². The van der Waals surface area contributed by atoms with E-state index in [1.165, 1.54) is 12.1 Å². The number of hydrogen-bond acceptors (Lipinski definition) is 2. The maximum absolute atomic E-state index is 13.4. The zero-order chi connectivity index (χ0) is 19.1. The summed E-state index contributed by atoms with van der Waals surface area (Å²) >= 11 is 3.57. The van der Waals surface area contributed by atoms with Crippen LogP contribution in [-0.2, 0) is 11.2 Å². The number of halogens is 2. The van der Waals surface area contributed by atoms with Gasteiger partial charge in [-0.25, -0.2) is 9.18 Å². The van der Waals surface area contributed by atoms with Crippen LogP contribution in [0.4, 0.5) is 14.9 Å². The van der Waals surface area contributed by atoms with Gasteiger partial charge in [-0.2, -0.15) is 0 Å². The molecular weight excluding hydrogens is 397 g/mol. The first kappa shape index (κ1) is 18.9. The maximum atomic E-state index is 13.4. The Morgan fingerprint density at radius 1 is 1.23 bits per heavy atom. The van der Waals surface area contributed by atoms with Gasteiger partial charge in [0.1, 0.15) is 11.4 Å². The number of rotatable bonds is 1. The maximum Gasteiger partial charge on any atom is 0.415 e. The van der Waals surface area contributed by atoms with Gasteiger partial charge in [0, 0.05) is 4.47 Å². The van der Waals surface area contributed by atoms with Gasteiger partial charge in [0.25, 0.3) is 0 Å². The number of fused-ring (bicyclic) bond motifs is 1. The third kappa shape index (κ3) is 3.93. The van der Waals surface area contributed by atoms with Crippen molar-refractivity contribution in [3.63, 3.8) is 0 Å². The predicted octanol–water partition coefficient (Wildman–Crippen LogP) is 6.33. The van der Waals surface area contributed by atoms with Crippen molar-refractivity contribution in [3.8, 4) is 0 Å². The van der Waals surface area contributed by atoms with Crippen LogP contribution in [0.5, 0.6) is 0 Å². The molecule has 0 saturated heterocycles. The van der Waals surface area contributed by atoms with Gasteiger partial charge in [-0.3, -0.25) is 4.90 Å². The molecule has 0 bridgehead atoms. The van der Waals surface area contributed by atoms with E-state index < -0.39 is 5.60 Å². The van der Waals surface area contributed by atoms with Crippen LogP contribution in [0.3, 0.4) is 0 Å². The Labute approximate surface area is 162 Å². The molecule has 2 aromatic rings. The molecule has 0 saturated carbocycles. The van der Waals surface area contributed by atoms with Gasteiger partial charge in [-0.15, -0.1) is 0 Å². The van der Waals surface area contributed by atoms with E-state index >= 15 is 0 Å². The van der Waals surface area contributed by atoms with Gasteiger partial charge < -0.3 is 4.74 Å². The number of aryl methyl sites for hydroxylation is 2. The van der Waals surface area contributed by atoms with Crippen molar-refractivity contribution >= 4 is 27.7 Å². The fourth-order valence-electron chi connectivity index (χ4n) is 3.28. The summed E-state index contributed by atoms with van der Waals surface area (Å²) in [5.41, 5.74) is 3.41. The minimum absolute atomic E-state index is 0.187. The fraction of sp³-hybridized carbons (Fsp3) is 0.381. The van der Waals surface area contributed by atoms with Crippen LogP contribution in [0.2, 0.25) is 0 Å². The first-order chi connectivity index (χ1) is 12.2. The summed E-state index contributed by atoms with van der Waals surface area (Å²) in [7, 11) is 0. The molecule has 0 N–H and O–H groups in total. The minimum atomic E-state index is -0.593. The third-order valence-electron chi connectivity index (χ3n) is 4.46. The monoisotopic (exact) mass is 419 g/mol. The standard InChI is InChI=1S/C21H23BrFNO2/c1-13-11-15-7-10-18(14-5-8-16(23)9-6-14)24(19(15)12-17(13)22)20(25)26-21(2,3)4/h5-6,8-9,11-12,18H,7,10H2,1-4H3. The zero-order valence-electron chi connectivity index (χ0n) is 15.5. The fourth-order valence-corrected chi connectivity index (χ4v) is 3.61. The Hall–Kier alpha value is -1.88. The number of carbonyl (C=O) groups is 1. The molecule has 5 heteroatoms. The molecule has 2 aromatic carbocycles. The molecule has 0 radical (unpaired) electrons. The van der Waals surface area contributed by atoms with Crippen LogP contribution in [0, 0.1) is 12.7 Å². The van der Waals surface area contributed by atoms with E-state index in [0.29, 0.717) is 0 Å². The highest BCUT2D eigenvalue weighted by Crippen LogP contribution is 2.41. The number of anilines is 1. The number of ether oxygens (including phenoxy) is 1. The molecule has 1 aliphatic heterocycles. The second-order valence-corrected chi connectivity index (χ2v) is 8.54. The second-order valence-electron chi connectivity index (χ2n) is 7.69. The van der Waals surface area contributed by atoms with Crippen molar-refractivity contribution in [1.82, 2.24) is 0 Å². The highest BCUT2D eigenvalue weighted by molar-refractivity contribution is 9.10.